The molecule has 1 unspecified atom stereocenters. The predicted molar refractivity (Wildman–Crippen MR) is 113 cm³/mol. The van der Waals surface area contributed by atoms with Crippen molar-refractivity contribution >= 4 is 11.4 Å². The van der Waals surface area contributed by atoms with Gasteiger partial charge in [0.2, 0.25) is 5.91 Å². The van der Waals surface area contributed by atoms with Gasteiger partial charge in [-0.1, -0.05) is 30.3 Å². The quantitative estimate of drug-likeness (QED) is 0.672. The van der Waals surface area contributed by atoms with Crippen LogP contribution >= 0.6 is 0 Å². The molecule has 6 nitrogen and oxygen atoms in total. The fourth-order valence-corrected chi connectivity index (χ4v) is 4.10. The topological polar surface area (TPSA) is 68.4 Å². The van der Waals surface area contributed by atoms with Gasteiger partial charge >= 0.3 is 0 Å². The summed E-state index contributed by atoms with van der Waals surface area (Å²) in [5, 5.41) is 7.61. The number of hydrogen-bond donors (Lipinski definition) is 1. The summed E-state index contributed by atoms with van der Waals surface area (Å²) in [4.78, 5) is 25.3. The van der Waals surface area contributed by atoms with Crippen molar-refractivity contribution in [2.75, 3.05) is 0 Å². The third kappa shape index (κ3) is 4.42. The maximum Gasteiger partial charge on any atom is 0.276 e. The van der Waals surface area contributed by atoms with E-state index in [4.69, 9.17) is 0 Å². The zero-order valence-corrected chi connectivity index (χ0v) is 16.9. The molecule has 0 saturated heterocycles. The molecule has 1 aliphatic carbocycles. The summed E-state index contributed by atoms with van der Waals surface area (Å²) in [6, 6.07) is 10.4. The number of rotatable bonds is 7. The molecule has 2 aromatic heterocycles. The molecule has 0 fully saturated rings. The van der Waals surface area contributed by atoms with Crippen LogP contribution in [0.3, 0.4) is 0 Å². The van der Waals surface area contributed by atoms with Crippen molar-refractivity contribution < 1.29 is 4.79 Å². The monoisotopic (exact) mass is 392 g/mol. The number of hydrogen-bond acceptors (Lipinski definition) is 3. The number of nitrogens with one attached hydrogen (secondary N) is 1. The van der Waals surface area contributed by atoms with E-state index in [9.17, 15) is 9.59 Å². The average Bonchev–Trinajstić information content (AvgIpc) is 3.12. The molecule has 0 saturated carbocycles. The van der Waals surface area contributed by atoms with Gasteiger partial charge in [0, 0.05) is 37.0 Å². The molecule has 4 rings (SSSR count). The summed E-state index contributed by atoms with van der Waals surface area (Å²) in [7, 11) is 0. The van der Waals surface area contributed by atoms with Crippen molar-refractivity contribution in [1.29, 1.82) is 0 Å². The molecule has 0 aliphatic heterocycles. The number of carbonyl (C=O) groups is 1. The lowest BCUT2D eigenvalue weighted by molar-refractivity contribution is -0.121. The van der Waals surface area contributed by atoms with E-state index in [2.05, 4.69) is 22.5 Å². The minimum Gasteiger partial charge on any atom is -0.354 e. The van der Waals surface area contributed by atoms with Crippen molar-refractivity contribution in [3.05, 3.63) is 69.9 Å². The van der Waals surface area contributed by atoms with Crippen molar-refractivity contribution in [3.8, 4) is 0 Å². The van der Waals surface area contributed by atoms with Crippen LogP contribution in [-0.2, 0) is 30.6 Å². The van der Waals surface area contributed by atoms with Gasteiger partial charge in [0.15, 0.2) is 0 Å². The standard InChI is InChI=1S/C23H28N4O2/c1-17(11-12-18-7-3-2-4-8-18)24-21(28)13-14-26-15-16-27-22(23(26)29)19-9-5-6-10-20(19)25-27/h2-4,7-8,15-17H,5-6,9-14H2,1H3,(H,24,28). The van der Waals surface area contributed by atoms with Gasteiger partial charge in [-0.2, -0.15) is 5.10 Å². The molecule has 1 aromatic carbocycles. The number of nitrogens with zero attached hydrogens (tertiary/aromatic N) is 3. The van der Waals surface area contributed by atoms with E-state index in [0.717, 1.165) is 49.8 Å². The molecule has 2 heterocycles. The molecule has 0 radical (unpaired) electrons. The van der Waals surface area contributed by atoms with E-state index in [1.165, 1.54) is 5.56 Å². The first-order valence-corrected chi connectivity index (χ1v) is 10.5. The summed E-state index contributed by atoms with van der Waals surface area (Å²) in [5.74, 6) is -0.0205. The summed E-state index contributed by atoms with van der Waals surface area (Å²) < 4.78 is 3.35. The van der Waals surface area contributed by atoms with Gasteiger partial charge in [-0.3, -0.25) is 9.59 Å². The summed E-state index contributed by atoms with van der Waals surface area (Å²) >= 11 is 0. The molecule has 3 aromatic rings. The molecule has 1 aliphatic rings. The predicted octanol–water partition coefficient (Wildman–Crippen LogP) is 2.90. The van der Waals surface area contributed by atoms with Crippen LogP contribution in [0.15, 0.2) is 47.5 Å². The highest BCUT2D eigenvalue weighted by atomic mass is 16.2. The van der Waals surface area contributed by atoms with Gasteiger partial charge in [-0.05, 0) is 51.0 Å². The fraction of sp³-hybridized carbons (Fsp3) is 0.435. The Morgan fingerprint density at radius 3 is 2.79 bits per heavy atom. The maximum absolute atomic E-state index is 12.9. The number of aryl methyl sites for hydroxylation is 4. The van der Waals surface area contributed by atoms with Crippen LogP contribution in [0.1, 0.15) is 49.4 Å². The van der Waals surface area contributed by atoms with Gasteiger partial charge in [-0.25, -0.2) is 4.52 Å². The Bertz CT molecular complexity index is 1050. The second-order valence-electron chi connectivity index (χ2n) is 7.97. The van der Waals surface area contributed by atoms with Crippen molar-refractivity contribution in [2.24, 2.45) is 0 Å². The van der Waals surface area contributed by atoms with Crippen molar-refractivity contribution in [3.63, 3.8) is 0 Å². The molecule has 1 N–H and O–H groups in total. The van der Waals surface area contributed by atoms with Crippen LogP contribution in [0, 0.1) is 0 Å². The van der Waals surface area contributed by atoms with Crippen LogP contribution in [0.2, 0.25) is 0 Å². The van der Waals surface area contributed by atoms with E-state index in [0.29, 0.717) is 18.5 Å². The van der Waals surface area contributed by atoms with E-state index in [1.54, 1.807) is 15.3 Å². The normalized spacial score (nSPS) is 14.5. The van der Waals surface area contributed by atoms with Gasteiger partial charge < -0.3 is 9.88 Å². The van der Waals surface area contributed by atoms with Gasteiger partial charge in [0.1, 0.15) is 5.52 Å². The highest BCUT2D eigenvalue weighted by molar-refractivity contribution is 5.76. The average molecular weight is 393 g/mol. The second-order valence-corrected chi connectivity index (χ2v) is 7.97. The lowest BCUT2D eigenvalue weighted by Crippen LogP contribution is -2.34. The summed E-state index contributed by atoms with van der Waals surface area (Å²) in [5.41, 5.74) is 4.05. The first kappa shape index (κ1) is 19.4. The third-order valence-electron chi connectivity index (χ3n) is 5.73. The second kappa shape index (κ2) is 8.64. The Balaban J connectivity index is 1.35. The van der Waals surface area contributed by atoms with Crippen LogP contribution in [0.4, 0.5) is 0 Å². The number of fused-ring (bicyclic) bond motifs is 3. The Hall–Kier alpha value is -2.89. The zero-order chi connectivity index (χ0) is 20.2. The van der Waals surface area contributed by atoms with E-state index >= 15 is 0 Å². The molecule has 0 bridgehead atoms. The van der Waals surface area contributed by atoms with E-state index in [-0.39, 0.29) is 17.5 Å². The first-order valence-electron chi connectivity index (χ1n) is 10.5. The fourth-order valence-electron chi connectivity index (χ4n) is 4.10. The van der Waals surface area contributed by atoms with Gasteiger partial charge in [-0.15, -0.1) is 0 Å². The van der Waals surface area contributed by atoms with E-state index < -0.39 is 0 Å². The Morgan fingerprint density at radius 1 is 1.17 bits per heavy atom. The Labute approximate surface area is 170 Å². The summed E-state index contributed by atoms with van der Waals surface area (Å²) in [6.45, 7) is 2.41. The highest BCUT2D eigenvalue weighted by Crippen LogP contribution is 2.22. The van der Waals surface area contributed by atoms with Gasteiger partial charge in [0.05, 0.1) is 5.69 Å². The van der Waals surface area contributed by atoms with Gasteiger partial charge in [0.25, 0.3) is 5.56 Å². The molecule has 29 heavy (non-hydrogen) atoms. The molecular formula is C23H28N4O2. The zero-order valence-electron chi connectivity index (χ0n) is 16.9. The highest BCUT2D eigenvalue weighted by Gasteiger charge is 2.19. The lowest BCUT2D eigenvalue weighted by Gasteiger charge is -2.14. The molecule has 1 atom stereocenters. The first-order chi connectivity index (χ1) is 14.1. The molecule has 0 spiro atoms. The van der Waals surface area contributed by atoms with E-state index in [1.807, 2.05) is 31.3 Å². The molecule has 6 heteroatoms. The number of aromatic nitrogens is 3. The molecule has 1 amide bonds. The van der Waals surface area contributed by atoms with Crippen LogP contribution in [0.25, 0.3) is 5.52 Å². The van der Waals surface area contributed by atoms with Crippen molar-refractivity contribution in [2.45, 2.75) is 64.5 Å². The summed E-state index contributed by atoms with van der Waals surface area (Å²) in [6.07, 6.45) is 9.78. The Kier molecular flexibility index (Phi) is 5.79. The number of amides is 1. The molecule has 152 valence electrons. The minimum absolute atomic E-state index is 0.0205. The smallest absolute Gasteiger partial charge is 0.276 e. The van der Waals surface area contributed by atoms with Crippen LogP contribution in [0.5, 0.6) is 0 Å². The van der Waals surface area contributed by atoms with Crippen molar-refractivity contribution in [1.82, 2.24) is 19.5 Å². The number of carbonyl (C=O) groups excluding carboxylic acids is 1. The lowest BCUT2D eigenvalue weighted by atomic mass is 9.97. The Morgan fingerprint density at radius 2 is 1.97 bits per heavy atom. The SMILES string of the molecule is CC(CCc1ccccc1)NC(=O)CCn1ccn2nc3c(c2c1=O)CCCC3. The number of benzene rings is 1. The maximum atomic E-state index is 12.9. The van der Waals surface area contributed by atoms with Crippen LogP contribution in [-0.4, -0.2) is 26.1 Å². The minimum atomic E-state index is -0.0481. The van der Waals surface area contributed by atoms with Crippen LogP contribution < -0.4 is 10.9 Å². The molecular weight excluding hydrogens is 364 g/mol. The third-order valence-corrected chi connectivity index (χ3v) is 5.73. The largest absolute Gasteiger partial charge is 0.354 e.